The number of carboxylic acids is 1. The lowest BCUT2D eigenvalue weighted by atomic mass is 9.67. The monoisotopic (exact) mass is 472 g/mol. The maximum atomic E-state index is 11.1. The van der Waals surface area contributed by atoms with Crippen molar-refractivity contribution in [1.29, 1.82) is 0 Å². The predicted octanol–water partition coefficient (Wildman–Crippen LogP) is 7.68. The van der Waals surface area contributed by atoms with Crippen LogP contribution in [0.2, 0.25) is 0 Å². The molecule has 5 rings (SSSR count). The summed E-state index contributed by atoms with van der Waals surface area (Å²) < 4.78 is 6.10. The Morgan fingerprint density at radius 2 is 1.80 bits per heavy atom. The summed E-state index contributed by atoms with van der Waals surface area (Å²) in [5.41, 5.74) is 4.64. The van der Waals surface area contributed by atoms with Crippen molar-refractivity contribution < 1.29 is 14.3 Å². The summed E-state index contributed by atoms with van der Waals surface area (Å²) in [6.45, 7) is 3.17. The van der Waals surface area contributed by atoms with Crippen LogP contribution < -0.4 is 5.32 Å². The molecule has 2 fully saturated rings. The van der Waals surface area contributed by atoms with Crippen LogP contribution in [0.1, 0.15) is 74.2 Å². The number of nitrogens with one attached hydrogen (secondary N) is 1. The molecule has 1 heterocycles. The molecular weight excluding hydrogens is 436 g/mol. The third-order valence-electron chi connectivity index (χ3n) is 7.89. The quantitative estimate of drug-likeness (QED) is 0.334. The Balaban J connectivity index is 1.33. The molecular formula is C30H36N2O3. The minimum absolute atomic E-state index is 0.252. The molecule has 2 saturated carbocycles. The molecule has 184 valence electrons. The molecule has 0 saturated heterocycles. The zero-order valence-corrected chi connectivity index (χ0v) is 20.6. The lowest BCUT2D eigenvalue weighted by Gasteiger charge is -2.39. The first-order valence-electron chi connectivity index (χ1n) is 13.3. The van der Waals surface area contributed by atoms with Crippen LogP contribution in [0, 0.1) is 17.8 Å². The molecule has 0 aliphatic heterocycles. The van der Waals surface area contributed by atoms with Gasteiger partial charge in [0.1, 0.15) is 0 Å². The summed E-state index contributed by atoms with van der Waals surface area (Å²) in [4.78, 5) is 15.6. The van der Waals surface area contributed by atoms with E-state index in [0.29, 0.717) is 5.89 Å². The highest BCUT2D eigenvalue weighted by molar-refractivity contribution is 5.88. The smallest absolute Gasteiger partial charge is 0.335 e. The number of hydrogen-bond donors (Lipinski definition) is 2. The van der Waals surface area contributed by atoms with Gasteiger partial charge in [-0.05, 0) is 104 Å². The van der Waals surface area contributed by atoms with Crippen molar-refractivity contribution in [2.75, 3.05) is 11.9 Å². The first-order valence-corrected chi connectivity index (χ1v) is 13.3. The van der Waals surface area contributed by atoms with Gasteiger partial charge >= 0.3 is 5.97 Å². The maximum Gasteiger partial charge on any atom is 0.335 e. The van der Waals surface area contributed by atoms with E-state index in [1.807, 2.05) is 0 Å². The van der Waals surface area contributed by atoms with Gasteiger partial charge in [-0.15, -0.1) is 0 Å². The highest BCUT2D eigenvalue weighted by Crippen LogP contribution is 2.44. The second kappa shape index (κ2) is 10.7. The third kappa shape index (κ3) is 5.61. The van der Waals surface area contributed by atoms with Crippen LogP contribution in [-0.4, -0.2) is 22.6 Å². The van der Waals surface area contributed by atoms with Gasteiger partial charge in [-0.3, -0.25) is 0 Å². The standard InChI is InChI=1S/C30H36N2O3/c1-2-14-31-27-13-12-26(18-25(27)7-6-22-16-20-4-3-5-21(15-20)17-22)28-19-32-29(35-28)23-8-10-24(11-9-23)30(33)34/h8-13,18-22,31H,2-7,14-17H2,1H3,(H,33,34). The zero-order chi connectivity index (χ0) is 24.2. The van der Waals surface area contributed by atoms with Crippen LogP contribution in [0.4, 0.5) is 5.69 Å². The van der Waals surface area contributed by atoms with E-state index < -0.39 is 5.97 Å². The number of rotatable bonds is 9. The molecule has 2 aromatic carbocycles. The van der Waals surface area contributed by atoms with Gasteiger partial charge in [0.05, 0.1) is 11.8 Å². The molecule has 0 radical (unpaired) electrons. The Labute approximate surface area is 208 Å². The summed E-state index contributed by atoms with van der Waals surface area (Å²) in [7, 11) is 0. The van der Waals surface area contributed by atoms with Gasteiger partial charge in [-0.1, -0.05) is 26.2 Å². The van der Waals surface area contributed by atoms with E-state index in [0.717, 1.165) is 54.0 Å². The molecule has 2 bridgehead atoms. The SMILES string of the molecule is CCCNc1ccc(-c2cnc(-c3ccc(C(=O)O)cc3)o2)cc1CCC1CC2CCCC(C2)C1. The Kier molecular flexibility index (Phi) is 7.21. The number of benzene rings is 2. The number of carbonyl (C=O) groups is 1. The summed E-state index contributed by atoms with van der Waals surface area (Å²) >= 11 is 0. The molecule has 35 heavy (non-hydrogen) atoms. The van der Waals surface area contributed by atoms with Gasteiger partial charge < -0.3 is 14.8 Å². The van der Waals surface area contributed by atoms with Gasteiger partial charge in [-0.2, -0.15) is 0 Å². The number of hydrogen-bond acceptors (Lipinski definition) is 4. The molecule has 2 aliphatic rings. The minimum Gasteiger partial charge on any atom is -0.478 e. The second-order valence-electron chi connectivity index (χ2n) is 10.5. The predicted molar refractivity (Wildman–Crippen MR) is 140 cm³/mol. The van der Waals surface area contributed by atoms with Crippen LogP contribution in [-0.2, 0) is 6.42 Å². The Morgan fingerprint density at radius 3 is 2.51 bits per heavy atom. The van der Waals surface area contributed by atoms with Crippen molar-refractivity contribution in [3.63, 3.8) is 0 Å². The summed E-state index contributed by atoms with van der Waals surface area (Å²) in [6.07, 6.45) is 13.8. The normalized spacial score (nSPS) is 21.6. The number of carboxylic acid groups (broad SMARTS) is 1. The fraction of sp³-hybridized carbons (Fsp3) is 0.467. The van der Waals surface area contributed by atoms with Crippen LogP contribution in [0.15, 0.2) is 53.1 Å². The number of nitrogens with zero attached hydrogens (tertiary/aromatic N) is 1. The van der Waals surface area contributed by atoms with Crippen molar-refractivity contribution >= 4 is 11.7 Å². The average molecular weight is 473 g/mol. The van der Waals surface area contributed by atoms with Gasteiger partial charge in [0.25, 0.3) is 0 Å². The molecule has 5 nitrogen and oxygen atoms in total. The molecule has 3 aromatic rings. The highest BCUT2D eigenvalue weighted by atomic mass is 16.4. The number of fused-ring (bicyclic) bond motifs is 2. The van der Waals surface area contributed by atoms with Gasteiger partial charge in [0.2, 0.25) is 5.89 Å². The lowest BCUT2D eigenvalue weighted by molar-refractivity contribution is 0.0697. The van der Waals surface area contributed by atoms with Gasteiger partial charge in [0, 0.05) is 23.4 Å². The molecule has 1 aromatic heterocycles. The maximum absolute atomic E-state index is 11.1. The van der Waals surface area contributed by atoms with Crippen LogP contribution >= 0.6 is 0 Å². The molecule has 0 spiro atoms. The number of aryl methyl sites for hydroxylation is 1. The second-order valence-corrected chi connectivity index (χ2v) is 10.5. The largest absolute Gasteiger partial charge is 0.478 e. The number of aromatic carboxylic acids is 1. The Morgan fingerprint density at radius 1 is 1.06 bits per heavy atom. The molecule has 0 amide bonds. The Hall–Kier alpha value is -3.08. The number of anilines is 1. The van der Waals surface area contributed by atoms with Crippen LogP contribution in [0.25, 0.3) is 22.8 Å². The fourth-order valence-electron chi connectivity index (χ4n) is 6.15. The van der Waals surface area contributed by atoms with E-state index in [1.54, 1.807) is 30.5 Å². The summed E-state index contributed by atoms with van der Waals surface area (Å²) in [5, 5.41) is 12.7. The molecule has 2 unspecified atom stereocenters. The van der Waals surface area contributed by atoms with Crippen molar-refractivity contribution in [2.24, 2.45) is 17.8 Å². The van der Waals surface area contributed by atoms with E-state index in [-0.39, 0.29) is 5.56 Å². The zero-order valence-electron chi connectivity index (χ0n) is 20.6. The number of aromatic nitrogens is 1. The van der Waals surface area contributed by atoms with E-state index in [1.165, 1.54) is 56.2 Å². The Bertz CT molecular complexity index is 1140. The molecule has 2 N–H and O–H groups in total. The summed E-state index contributed by atoms with van der Waals surface area (Å²) in [5.74, 6) is 3.08. The van der Waals surface area contributed by atoms with Gasteiger partial charge in [0.15, 0.2) is 5.76 Å². The lowest BCUT2D eigenvalue weighted by Crippen LogP contribution is -2.27. The van der Waals surface area contributed by atoms with E-state index in [2.05, 4.69) is 35.4 Å². The third-order valence-corrected chi connectivity index (χ3v) is 7.89. The average Bonchev–Trinajstić information content (AvgIpc) is 3.37. The minimum atomic E-state index is -0.939. The molecule has 2 atom stereocenters. The van der Waals surface area contributed by atoms with Crippen LogP contribution in [0.3, 0.4) is 0 Å². The first kappa shape index (κ1) is 23.7. The van der Waals surface area contributed by atoms with Crippen molar-refractivity contribution in [3.05, 3.63) is 59.8 Å². The highest BCUT2D eigenvalue weighted by Gasteiger charge is 2.31. The summed E-state index contributed by atoms with van der Waals surface area (Å²) in [6, 6.07) is 13.2. The number of oxazole rings is 1. The first-order chi connectivity index (χ1) is 17.1. The molecule has 5 heteroatoms. The van der Waals surface area contributed by atoms with Crippen molar-refractivity contribution in [1.82, 2.24) is 4.98 Å². The topological polar surface area (TPSA) is 75.4 Å². The van der Waals surface area contributed by atoms with E-state index in [9.17, 15) is 4.79 Å². The fourth-order valence-corrected chi connectivity index (χ4v) is 6.15. The van der Waals surface area contributed by atoms with Crippen LogP contribution in [0.5, 0.6) is 0 Å². The van der Waals surface area contributed by atoms with Crippen molar-refractivity contribution in [3.8, 4) is 22.8 Å². The van der Waals surface area contributed by atoms with Crippen molar-refractivity contribution in [2.45, 2.75) is 64.7 Å². The van der Waals surface area contributed by atoms with E-state index in [4.69, 9.17) is 9.52 Å². The molecule has 2 aliphatic carbocycles. The van der Waals surface area contributed by atoms with E-state index >= 15 is 0 Å². The van der Waals surface area contributed by atoms with Gasteiger partial charge in [-0.25, -0.2) is 9.78 Å².